The summed E-state index contributed by atoms with van der Waals surface area (Å²) >= 11 is 0. The van der Waals surface area contributed by atoms with Crippen LogP contribution in [0, 0.1) is 0 Å². The van der Waals surface area contributed by atoms with E-state index in [1.165, 1.54) is 5.57 Å². The molecule has 68 valence electrons. The molecule has 12 heavy (non-hydrogen) atoms. The van der Waals surface area contributed by atoms with Crippen LogP contribution in [0.4, 0.5) is 0 Å². The summed E-state index contributed by atoms with van der Waals surface area (Å²) in [5.41, 5.74) is 1.47. The summed E-state index contributed by atoms with van der Waals surface area (Å²) in [5, 5.41) is 3.14. The van der Waals surface area contributed by atoms with E-state index in [0.717, 1.165) is 19.4 Å². The van der Waals surface area contributed by atoms with Gasteiger partial charge >= 0.3 is 0 Å². The van der Waals surface area contributed by atoms with Crippen molar-refractivity contribution < 1.29 is 0 Å². The summed E-state index contributed by atoms with van der Waals surface area (Å²) in [6.07, 6.45) is 10.3. The zero-order valence-electron chi connectivity index (χ0n) is 8.14. The molecule has 0 saturated heterocycles. The molecule has 0 unspecified atom stereocenters. The van der Waals surface area contributed by atoms with Gasteiger partial charge in [-0.05, 0) is 33.4 Å². The molecule has 1 heteroatoms. The van der Waals surface area contributed by atoms with Gasteiger partial charge in [-0.15, -0.1) is 0 Å². The third kappa shape index (κ3) is 5.93. The van der Waals surface area contributed by atoms with Crippen LogP contribution in [0.2, 0.25) is 0 Å². The number of allylic oxidation sites excluding steroid dienone is 4. The van der Waals surface area contributed by atoms with Gasteiger partial charge in [-0.25, -0.2) is 0 Å². The molecule has 0 fully saturated rings. The normalized spacial score (nSPS) is 12.3. The molecule has 0 aliphatic carbocycles. The second-order valence-corrected chi connectivity index (χ2v) is 2.67. The predicted octanol–water partition coefficient (Wildman–Crippen LogP) is 2.67. The molecule has 0 atom stereocenters. The molecule has 0 bridgehead atoms. The van der Waals surface area contributed by atoms with Gasteiger partial charge in [-0.3, -0.25) is 0 Å². The second kappa shape index (κ2) is 8.28. The highest BCUT2D eigenvalue weighted by Gasteiger charge is 1.91. The fourth-order valence-electron chi connectivity index (χ4n) is 0.965. The fraction of sp³-hybridized carbons (Fsp3) is 0.455. The second-order valence-electron chi connectivity index (χ2n) is 2.67. The maximum Gasteiger partial charge on any atom is -0.00145 e. The van der Waals surface area contributed by atoms with Gasteiger partial charge in [0, 0.05) is 0 Å². The number of hydrogen-bond donors (Lipinski definition) is 1. The van der Waals surface area contributed by atoms with E-state index in [2.05, 4.69) is 31.0 Å². The van der Waals surface area contributed by atoms with Gasteiger partial charge in [0.1, 0.15) is 0 Å². The van der Waals surface area contributed by atoms with Crippen LogP contribution in [0.15, 0.2) is 36.5 Å². The quantitative estimate of drug-likeness (QED) is 0.471. The molecular weight excluding hydrogens is 146 g/mol. The summed E-state index contributed by atoms with van der Waals surface area (Å²) in [6, 6.07) is 0. The first-order valence-corrected chi connectivity index (χ1v) is 4.41. The monoisotopic (exact) mass is 165 g/mol. The van der Waals surface area contributed by atoms with Gasteiger partial charge in [-0.1, -0.05) is 36.5 Å². The summed E-state index contributed by atoms with van der Waals surface area (Å²) in [7, 11) is 1.98. The van der Waals surface area contributed by atoms with Crippen molar-refractivity contribution in [3.8, 4) is 0 Å². The van der Waals surface area contributed by atoms with Crippen molar-refractivity contribution in [2.75, 3.05) is 13.6 Å². The van der Waals surface area contributed by atoms with E-state index in [4.69, 9.17) is 0 Å². The van der Waals surface area contributed by atoms with Crippen molar-refractivity contribution in [3.05, 3.63) is 36.5 Å². The lowest BCUT2D eigenvalue weighted by Gasteiger charge is -2.02. The van der Waals surface area contributed by atoms with Crippen molar-refractivity contribution in [1.82, 2.24) is 5.32 Å². The van der Waals surface area contributed by atoms with Crippen LogP contribution in [-0.2, 0) is 0 Å². The Hall–Kier alpha value is -0.820. The van der Waals surface area contributed by atoms with E-state index in [-0.39, 0.29) is 0 Å². The molecule has 0 aromatic heterocycles. The maximum absolute atomic E-state index is 3.63. The van der Waals surface area contributed by atoms with Crippen LogP contribution in [0.1, 0.15) is 19.8 Å². The van der Waals surface area contributed by atoms with Crippen molar-refractivity contribution >= 4 is 0 Å². The van der Waals surface area contributed by atoms with Gasteiger partial charge in [0.15, 0.2) is 0 Å². The largest absolute Gasteiger partial charge is 0.319 e. The van der Waals surface area contributed by atoms with Crippen molar-refractivity contribution in [2.45, 2.75) is 19.8 Å². The first-order chi connectivity index (χ1) is 5.85. The molecule has 0 spiro atoms. The minimum absolute atomic E-state index is 1.05. The van der Waals surface area contributed by atoms with Crippen LogP contribution in [0.25, 0.3) is 0 Å². The number of nitrogens with one attached hydrogen (secondary N) is 1. The van der Waals surface area contributed by atoms with E-state index < -0.39 is 0 Å². The first-order valence-electron chi connectivity index (χ1n) is 4.41. The molecule has 0 aromatic rings. The van der Waals surface area contributed by atoms with Crippen molar-refractivity contribution in [1.29, 1.82) is 0 Å². The van der Waals surface area contributed by atoms with Crippen LogP contribution in [-0.4, -0.2) is 13.6 Å². The molecule has 0 aromatic carbocycles. The zero-order valence-corrected chi connectivity index (χ0v) is 8.14. The third-order valence-electron chi connectivity index (χ3n) is 1.76. The topological polar surface area (TPSA) is 12.0 Å². The minimum Gasteiger partial charge on any atom is -0.319 e. The molecule has 0 heterocycles. The highest BCUT2D eigenvalue weighted by molar-refractivity contribution is 5.09. The van der Waals surface area contributed by atoms with E-state index in [1.54, 1.807) is 0 Å². The van der Waals surface area contributed by atoms with E-state index in [1.807, 2.05) is 19.2 Å². The molecule has 0 radical (unpaired) electrons. The predicted molar refractivity (Wildman–Crippen MR) is 56.3 cm³/mol. The van der Waals surface area contributed by atoms with Gasteiger partial charge in [0.2, 0.25) is 0 Å². The lowest BCUT2D eigenvalue weighted by Crippen LogP contribution is -2.08. The van der Waals surface area contributed by atoms with E-state index in [0.29, 0.717) is 0 Å². The molecule has 0 rings (SSSR count). The number of hydrogen-bond acceptors (Lipinski definition) is 1. The third-order valence-corrected chi connectivity index (χ3v) is 1.76. The Balaban J connectivity index is 3.68. The summed E-state index contributed by atoms with van der Waals surface area (Å²) in [5.74, 6) is 0. The average molecular weight is 165 g/mol. The molecule has 0 aliphatic rings. The smallest absolute Gasteiger partial charge is 0.00145 e. The average Bonchev–Trinajstić information content (AvgIpc) is 2.11. The van der Waals surface area contributed by atoms with Crippen LogP contribution >= 0.6 is 0 Å². The molecule has 0 saturated carbocycles. The summed E-state index contributed by atoms with van der Waals surface area (Å²) in [4.78, 5) is 0. The van der Waals surface area contributed by atoms with Gasteiger partial charge in [0.25, 0.3) is 0 Å². The molecule has 1 nitrogen and oxygen atoms in total. The standard InChI is InChI=1S/C11H19N/c1-4-6-7-8-11(5-2)9-10-12-3/h4-7,12H,1,8-10H2,2-3H3/b7-6-,11-5+. The zero-order chi connectivity index (χ0) is 9.23. The number of rotatable bonds is 6. The Labute approximate surface area is 75.9 Å². The Morgan fingerprint density at radius 2 is 2.25 bits per heavy atom. The summed E-state index contributed by atoms with van der Waals surface area (Å²) < 4.78 is 0. The Morgan fingerprint density at radius 1 is 1.50 bits per heavy atom. The SMILES string of the molecule is C=C/C=C\C/C(=C\C)CCNC. The Bertz CT molecular complexity index is 166. The van der Waals surface area contributed by atoms with Crippen molar-refractivity contribution in [3.63, 3.8) is 0 Å². The lowest BCUT2D eigenvalue weighted by molar-refractivity contribution is 0.774. The van der Waals surface area contributed by atoms with Crippen LogP contribution in [0.5, 0.6) is 0 Å². The minimum atomic E-state index is 1.05. The van der Waals surface area contributed by atoms with Crippen molar-refractivity contribution in [2.24, 2.45) is 0 Å². The highest BCUT2D eigenvalue weighted by atomic mass is 14.8. The van der Waals surface area contributed by atoms with E-state index in [9.17, 15) is 0 Å². The fourth-order valence-corrected chi connectivity index (χ4v) is 0.965. The molecule has 1 N–H and O–H groups in total. The van der Waals surface area contributed by atoms with Gasteiger partial charge in [0.05, 0.1) is 0 Å². The van der Waals surface area contributed by atoms with Gasteiger partial charge in [-0.2, -0.15) is 0 Å². The Kier molecular flexibility index (Phi) is 7.71. The van der Waals surface area contributed by atoms with Gasteiger partial charge < -0.3 is 5.32 Å². The molecule has 0 amide bonds. The molecule has 0 aliphatic heterocycles. The summed E-state index contributed by atoms with van der Waals surface area (Å²) in [6.45, 7) is 6.77. The Morgan fingerprint density at radius 3 is 2.75 bits per heavy atom. The lowest BCUT2D eigenvalue weighted by atomic mass is 10.1. The van der Waals surface area contributed by atoms with Crippen LogP contribution < -0.4 is 5.32 Å². The van der Waals surface area contributed by atoms with Crippen LogP contribution in [0.3, 0.4) is 0 Å². The van der Waals surface area contributed by atoms with E-state index >= 15 is 0 Å². The highest BCUT2D eigenvalue weighted by Crippen LogP contribution is 2.06. The first kappa shape index (κ1) is 11.2. The maximum atomic E-state index is 3.63. The molecular formula is C11H19N.